The Morgan fingerprint density at radius 1 is 1.20 bits per heavy atom. The minimum atomic E-state index is -0.0633. The third kappa shape index (κ3) is 3.60. The van der Waals surface area contributed by atoms with Gasteiger partial charge in [-0.3, -0.25) is 5.84 Å². The first kappa shape index (κ1) is 15.0. The molecule has 0 aromatic heterocycles. The van der Waals surface area contributed by atoms with Crippen molar-refractivity contribution >= 4 is 15.9 Å². The standard InChI is InChI=1S/C16H19BrN2O/c1-3-20-15-6-4-5-12(10-15)16(19-18)13-7-11(2)8-14(17)9-13/h4-10,16,19H,3,18H2,1-2H3. The zero-order chi connectivity index (χ0) is 14.5. The second-order valence-electron chi connectivity index (χ2n) is 4.67. The van der Waals surface area contributed by atoms with Crippen LogP contribution in [0.2, 0.25) is 0 Å². The molecule has 4 heteroatoms. The predicted octanol–water partition coefficient (Wildman–Crippen LogP) is 3.71. The maximum Gasteiger partial charge on any atom is 0.119 e. The molecule has 0 spiro atoms. The van der Waals surface area contributed by atoms with Crippen molar-refractivity contribution < 1.29 is 4.74 Å². The van der Waals surface area contributed by atoms with E-state index >= 15 is 0 Å². The Morgan fingerprint density at radius 3 is 2.65 bits per heavy atom. The molecule has 0 aliphatic carbocycles. The van der Waals surface area contributed by atoms with Gasteiger partial charge in [0, 0.05) is 4.47 Å². The van der Waals surface area contributed by atoms with Crippen LogP contribution in [0.25, 0.3) is 0 Å². The summed E-state index contributed by atoms with van der Waals surface area (Å²) in [7, 11) is 0. The number of ether oxygens (including phenoxy) is 1. The van der Waals surface area contributed by atoms with E-state index in [9.17, 15) is 0 Å². The number of hydrazine groups is 1. The molecule has 0 saturated heterocycles. The number of benzene rings is 2. The van der Waals surface area contributed by atoms with E-state index in [1.807, 2.05) is 31.2 Å². The molecule has 0 radical (unpaired) electrons. The molecule has 2 rings (SSSR count). The van der Waals surface area contributed by atoms with Crippen molar-refractivity contribution in [1.82, 2.24) is 5.43 Å². The molecule has 0 saturated carbocycles. The van der Waals surface area contributed by atoms with E-state index < -0.39 is 0 Å². The van der Waals surface area contributed by atoms with Gasteiger partial charge in [-0.1, -0.05) is 34.1 Å². The van der Waals surface area contributed by atoms with Crippen molar-refractivity contribution in [2.24, 2.45) is 5.84 Å². The summed E-state index contributed by atoms with van der Waals surface area (Å²) in [5, 5.41) is 0. The molecular weight excluding hydrogens is 316 g/mol. The van der Waals surface area contributed by atoms with Gasteiger partial charge in [0.1, 0.15) is 5.75 Å². The van der Waals surface area contributed by atoms with Crippen LogP contribution in [-0.2, 0) is 0 Å². The zero-order valence-electron chi connectivity index (χ0n) is 11.7. The molecule has 0 fully saturated rings. The number of hydrogen-bond acceptors (Lipinski definition) is 3. The number of nitrogens with one attached hydrogen (secondary N) is 1. The normalized spacial score (nSPS) is 12.2. The Labute approximate surface area is 128 Å². The number of rotatable bonds is 5. The fraction of sp³-hybridized carbons (Fsp3) is 0.250. The molecule has 2 aromatic rings. The summed E-state index contributed by atoms with van der Waals surface area (Å²) in [5.41, 5.74) is 6.27. The minimum Gasteiger partial charge on any atom is -0.494 e. The first-order chi connectivity index (χ1) is 9.63. The average Bonchev–Trinajstić information content (AvgIpc) is 2.39. The number of hydrogen-bond donors (Lipinski definition) is 2. The summed E-state index contributed by atoms with van der Waals surface area (Å²) in [4.78, 5) is 0. The topological polar surface area (TPSA) is 47.3 Å². The van der Waals surface area contributed by atoms with Gasteiger partial charge in [0.2, 0.25) is 0 Å². The largest absolute Gasteiger partial charge is 0.494 e. The van der Waals surface area contributed by atoms with Crippen molar-refractivity contribution in [2.45, 2.75) is 19.9 Å². The molecule has 0 aliphatic heterocycles. The van der Waals surface area contributed by atoms with Gasteiger partial charge in [0.15, 0.2) is 0 Å². The fourth-order valence-corrected chi connectivity index (χ4v) is 2.89. The second kappa shape index (κ2) is 6.88. The van der Waals surface area contributed by atoms with Crippen LogP contribution in [0.1, 0.15) is 29.7 Å². The summed E-state index contributed by atoms with van der Waals surface area (Å²) in [5.74, 6) is 6.61. The highest BCUT2D eigenvalue weighted by Gasteiger charge is 2.14. The lowest BCUT2D eigenvalue weighted by atomic mass is 9.98. The Balaban J connectivity index is 2.38. The van der Waals surface area contributed by atoms with Crippen molar-refractivity contribution in [3.63, 3.8) is 0 Å². The molecule has 3 N–H and O–H groups in total. The van der Waals surface area contributed by atoms with Crippen LogP contribution < -0.4 is 16.0 Å². The third-order valence-corrected chi connectivity index (χ3v) is 3.52. The number of halogens is 1. The average molecular weight is 335 g/mol. The Bertz CT molecular complexity index is 566. The van der Waals surface area contributed by atoms with Gasteiger partial charge in [-0.15, -0.1) is 0 Å². The predicted molar refractivity (Wildman–Crippen MR) is 85.7 cm³/mol. The summed E-state index contributed by atoms with van der Waals surface area (Å²) in [6, 6.07) is 14.2. The lowest BCUT2D eigenvalue weighted by Gasteiger charge is -2.18. The highest BCUT2D eigenvalue weighted by atomic mass is 79.9. The van der Waals surface area contributed by atoms with E-state index in [0.29, 0.717) is 6.61 Å². The van der Waals surface area contributed by atoms with Crippen LogP contribution >= 0.6 is 15.9 Å². The van der Waals surface area contributed by atoms with Gasteiger partial charge >= 0.3 is 0 Å². The van der Waals surface area contributed by atoms with Crippen LogP contribution in [0.3, 0.4) is 0 Å². The van der Waals surface area contributed by atoms with Crippen LogP contribution in [-0.4, -0.2) is 6.61 Å². The first-order valence-corrected chi connectivity index (χ1v) is 7.39. The van der Waals surface area contributed by atoms with Crippen LogP contribution in [0.15, 0.2) is 46.9 Å². The summed E-state index contributed by atoms with van der Waals surface area (Å²) in [6.07, 6.45) is 0. The maximum absolute atomic E-state index is 5.75. The van der Waals surface area contributed by atoms with Gasteiger partial charge in [0.25, 0.3) is 0 Å². The lowest BCUT2D eigenvalue weighted by molar-refractivity contribution is 0.339. The van der Waals surface area contributed by atoms with Crippen LogP contribution in [0.5, 0.6) is 5.75 Å². The summed E-state index contributed by atoms with van der Waals surface area (Å²) < 4.78 is 6.60. The van der Waals surface area contributed by atoms with Crippen molar-refractivity contribution in [2.75, 3.05) is 6.61 Å². The van der Waals surface area contributed by atoms with E-state index in [4.69, 9.17) is 10.6 Å². The lowest BCUT2D eigenvalue weighted by Crippen LogP contribution is -2.28. The van der Waals surface area contributed by atoms with Gasteiger partial charge < -0.3 is 4.74 Å². The van der Waals surface area contributed by atoms with Gasteiger partial charge in [-0.25, -0.2) is 5.43 Å². The van der Waals surface area contributed by atoms with E-state index in [2.05, 4.69) is 46.5 Å². The van der Waals surface area contributed by atoms with E-state index in [1.54, 1.807) is 0 Å². The molecule has 0 aliphatic rings. The molecule has 0 amide bonds. The maximum atomic E-state index is 5.75. The molecule has 106 valence electrons. The van der Waals surface area contributed by atoms with Crippen LogP contribution in [0, 0.1) is 6.92 Å². The summed E-state index contributed by atoms with van der Waals surface area (Å²) in [6.45, 7) is 4.70. The number of nitrogens with two attached hydrogens (primary N) is 1. The minimum absolute atomic E-state index is 0.0633. The molecule has 1 unspecified atom stereocenters. The third-order valence-electron chi connectivity index (χ3n) is 3.07. The highest BCUT2D eigenvalue weighted by Crippen LogP contribution is 2.27. The Kier molecular flexibility index (Phi) is 5.17. The summed E-state index contributed by atoms with van der Waals surface area (Å²) >= 11 is 3.53. The molecule has 1 atom stereocenters. The SMILES string of the molecule is CCOc1cccc(C(NN)c2cc(C)cc(Br)c2)c1. The highest BCUT2D eigenvalue weighted by molar-refractivity contribution is 9.10. The molecule has 20 heavy (non-hydrogen) atoms. The smallest absolute Gasteiger partial charge is 0.119 e. The fourth-order valence-electron chi connectivity index (χ4n) is 2.27. The molecular formula is C16H19BrN2O. The molecule has 2 aromatic carbocycles. The molecule has 3 nitrogen and oxygen atoms in total. The Hall–Kier alpha value is -1.36. The molecule has 0 heterocycles. The van der Waals surface area contributed by atoms with Gasteiger partial charge in [0.05, 0.1) is 12.6 Å². The van der Waals surface area contributed by atoms with Gasteiger partial charge in [-0.2, -0.15) is 0 Å². The molecule has 0 bridgehead atoms. The van der Waals surface area contributed by atoms with E-state index in [-0.39, 0.29) is 6.04 Å². The first-order valence-electron chi connectivity index (χ1n) is 6.60. The van der Waals surface area contributed by atoms with E-state index in [1.165, 1.54) is 5.56 Å². The second-order valence-corrected chi connectivity index (χ2v) is 5.58. The monoisotopic (exact) mass is 334 g/mol. The van der Waals surface area contributed by atoms with E-state index in [0.717, 1.165) is 21.3 Å². The number of aryl methyl sites for hydroxylation is 1. The van der Waals surface area contributed by atoms with Crippen LogP contribution in [0.4, 0.5) is 0 Å². The quantitative estimate of drug-likeness (QED) is 0.647. The van der Waals surface area contributed by atoms with Crippen molar-refractivity contribution in [1.29, 1.82) is 0 Å². The van der Waals surface area contributed by atoms with Gasteiger partial charge in [-0.05, 0) is 54.8 Å². The zero-order valence-corrected chi connectivity index (χ0v) is 13.3. The van der Waals surface area contributed by atoms with Crippen molar-refractivity contribution in [3.8, 4) is 5.75 Å². The Morgan fingerprint density at radius 2 is 2.00 bits per heavy atom. The van der Waals surface area contributed by atoms with Crippen molar-refractivity contribution in [3.05, 3.63) is 63.6 Å².